The van der Waals surface area contributed by atoms with Gasteiger partial charge in [-0.3, -0.25) is 4.79 Å². The van der Waals surface area contributed by atoms with E-state index in [4.69, 9.17) is 4.42 Å². The van der Waals surface area contributed by atoms with Crippen LogP contribution in [0.15, 0.2) is 29.0 Å². The van der Waals surface area contributed by atoms with Gasteiger partial charge in [-0.05, 0) is 32.0 Å². The summed E-state index contributed by atoms with van der Waals surface area (Å²) < 4.78 is 5.31. The van der Waals surface area contributed by atoms with E-state index in [1.165, 1.54) is 11.3 Å². The zero-order valence-corrected chi connectivity index (χ0v) is 14.6. The first-order valence-electron chi connectivity index (χ1n) is 6.74. The summed E-state index contributed by atoms with van der Waals surface area (Å²) in [6.07, 6.45) is 5.43. The number of carbonyl (C=O) groups is 1. The van der Waals surface area contributed by atoms with Crippen LogP contribution in [0.3, 0.4) is 0 Å². The molecule has 0 spiro atoms. The molecular weight excluding hydrogens is 345 g/mol. The normalized spacial score (nSPS) is 17.5. The van der Waals surface area contributed by atoms with Crippen molar-refractivity contribution >= 4 is 42.1 Å². The SMILES string of the molecule is CNC1CCCN(C(=O)c2cnc(-c3ccco3)s2)C1.Cl.Cl. The minimum absolute atomic E-state index is 0. The van der Waals surface area contributed by atoms with Crippen molar-refractivity contribution in [2.45, 2.75) is 18.9 Å². The Balaban J connectivity index is 0.00000121. The van der Waals surface area contributed by atoms with Gasteiger partial charge in [-0.15, -0.1) is 36.2 Å². The number of rotatable bonds is 3. The lowest BCUT2D eigenvalue weighted by Gasteiger charge is -2.32. The Hall–Kier alpha value is -1.08. The first-order chi connectivity index (χ1) is 9.78. The molecule has 0 aromatic carbocycles. The minimum atomic E-state index is 0. The summed E-state index contributed by atoms with van der Waals surface area (Å²) >= 11 is 1.38. The number of nitrogens with zero attached hydrogens (tertiary/aromatic N) is 2. The molecule has 1 saturated heterocycles. The monoisotopic (exact) mass is 363 g/mol. The van der Waals surface area contributed by atoms with Gasteiger partial charge >= 0.3 is 0 Å². The number of likely N-dealkylation sites (tertiary alicyclic amines) is 1. The molecule has 2 aromatic heterocycles. The Labute approximate surface area is 145 Å². The minimum Gasteiger partial charge on any atom is -0.462 e. The van der Waals surface area contributed by atoms with Crippen LogP contribution in [0.1, 0.15) is 22.5 Å². The maximum Gasteiger partial charge on any atom is 0.265 e. The van der Waals surface area contributed by atoms with Gasteiger partial charge in [0.05, 0.1) is 12.5 Å². The van der Waals surface area contributed by atoms with Crippen LogP contribution in [-0.4, -0.2) is 42.0 Å². The van der Waals surface area contributed by atoms with E-state index in [-0.39, 0.29) is 30.7 Å². The summed E-state index contributed by atoms with van der Waals surface area (Å²) in [6, 6.07) is 4.07. The van der Waals surface area contributed by atoms with Crippen molar-refractivity contribution in [1.29, 1.82) is 0 Å². The number of hydrogen-bond acceptors (Lipinski definition) is 5. The fourth-order valence-electron chi connectivity index (χ4n) is 2.44. The van der Waals surface area contributed by atoms with Gasteiger partial charge in [-0.2, -0.15) is 0 Å². The van der Waals surface area contributed by atoms with E-state index in [0.29, 0.717) is 16.7 Å². The van der Waals surface area contributed by atoms with E-state index in [2.05, 4.69) is 10.3 Å². The van der Waals surface area contributed by atoms with Crippen molar-refractivity contribution in [3.05, 3.63) is 29.5 Å². The lowest BCUT2D eigenvalue weighted by atomic mass is 10.1. The van der Waals surface area contributed by atoms with Gasteiger partial charge in [-0.25, -0.2) is 4.98 Å². The van der Waals surface area contributed by atoms with Crippen molar-refractivity contribution in [3.8, 4) is 10.8 Å². The summed E-state index contributed by atoms with van der Waals surface area (Å²) in [6.45, 7) is 1.59. The highest BCUT2D eigenvalue weighted by atomic mass is 35.5. The van der Waals surface area contributed by atoms with Crippen LogP contribution in [-0.2, 0) is 0 Å². The molecule has 1 amide bonds. The molecule has 3 rings (SSSR count). The molecule has 5 nitrogen and oxygen atoms in total. The molecule has 0 aliphatic carbocycles. The number of furan rings is 1. The average Bonchev–Trinajstić information content (AvgIpc) is 3.17. The molecular formula is C14H19Cl2N3O2S. The second-order valence-corrected chi connectivity index (χ2v) is 5.92. The first kappa shape index (κ1) is 19.0. The molecule has 1 aliphatic rings. The van der Waals surface area contributed by atoms with E-state index >= 15 is 0 Å². The maximum atomic E-state index is 12.5. The quantitative estimate of drug-likeness (QED) is 0.910. The standard InChI is InChI=1S/C14H17N3O2S.2ClH/c1-15-10-4-2-6-17(9-10)14(18)12-8-16-13(20-12)11-5-3-7-19-11;;/h3,5,7-8,10,15H,2,4,6,9H2,1H3;2*1H. The van der Waals surface area contributed by atoms with Crippen LogP contribution in [0.2, 0.25) is 0 Å². The topological polar surface area (TPSA) is 58.4 Å². The summed E-state index contributed by atoms with van der Waals surface area (Å²) in [5.41, 5.74) is 0. The molecule has 2 aromatic rings. The van der Waals surface area contributed by atoms with Crippen LogP contribution >= 0.6 is 36.2 Å². The average molecular weight is 364 g/mol. The number of aromatic nitrogens is 1. The molecule has 0 saturated carbocycles. The maximum absolute atomic E-state index is 12.5. The van der Waals surface area contributed by atoms with Crippen LogP contribution < -0.4 is 5.32 Å². The summed E-state index contributed by atoms with van der Waals surface area (Å²) in [5.74, 6) is 0.779. The van der Waals surface area contributed by atoms with Gasteiger partial charge < -0.3 is 14.6 Å². The Morgan fingerprint density at radius 3 is 3.00 bits per heavy atom. The van der Waals surface area contributed by atoms with E-state index in [1.807, 2.05) is 24.1 Å². The Morgan fingerprint density at radius 1 is 1.50 bits per heavy atom. The van der Waals surface area contributed by atoms with Gasteiger partial charge in [0, 0.05) is 19.1 Å². The van der Waals surface area contributed by atoms with Crippen molar-refractivity contribution in [1.82, 2.24) is 15.2 Å². The highest BCUT2D eigenvalue weighted by Crippen LogP contribution is 2.26. The second kappa shape index (κ2) is 8.53. The molecule has 8 heteroatoms. The van der Waals surface area contributed by atoms with E-state index in [9.17, 15) is 4.79 Å². The lowest BCUT2D eigenvalue weighted by Crippen LogP contribution is -2.46. The van der Waals surface area contributed by atoms with Gasteiger partial charge in [0.15, 0.2) is 10.8 Å². The van der Waals surface area contributed by atoms with Crippen molar-refractivity contribution < 1.29 is 9.21 Å². The molecule has 1 atom stereocenters. The van der Waals surface area contributed by atoms with Gasteiger partial charge in [0.1, 0.15) is 4.88 Å². The molecule has 3 heterocycles. The van der Waals surface area contributed by atoms with E-state index in [1.54, 1.807) is 12.5 Å². The fourth-order valence-corrected chi connectivity index (χ4v) is 3.29. The predicted molar refractivity (Wildman–Crippen MR) is 92.3 cm³/mol. The lowest BCUT2D eigenvalue weighted by molar-refractivity contribution is 0.0703. The van der Waals surface area contributed by atoms with Gasteiger partial charge in [-0.1, -0.05) is 0 Å². The predicted octanol–water partition coefficient (Wildman–Crippen LogP) is 3.07. The molecule has 0 bridgehead atoms. The van der Waals surface area contributed by atoms with Crippen molar-refractivity contribution in [2.24, 2.45) is 0 Å². The number of carbonyl (C=O) groups excluding carboxylic acids is 1. The molecule has 1 unspecified atom stereocenters. The Kier molecular flexibility index (Phi) is 7.35. The van der Waals surface area contributed by atoms with Crippen LogP contribution in [0.25, 0.3) is 10.8 Å². The van der Waals surface area contributed by atoms with Gasteiger partial charge in [0.25, 0.3) is 5.91 Å². The molecule has 122 valence electrons. The number of piperidine rings is 1. The molecule has 0 radical (unpaired) electrons. The third kappa shape index (κ3) is 4.01. The Bertz CT molecular complexity index is 589. The molecule has 22 heavy (non-hydrogen) atoms. The summed E-state index contributed by atoms with van der Waals surface area (Å²) in [7, 11) is 1.94. The Morgan fingerprint density at radius 2 is 2.32 bits per heavy atom. The van der Waals surface area contributed by atoms with Crippen LogP contribution in [0.4, 0.5) is 0 Å². The van der Waals surface area contributed by atoms with Gasteiger partial charge in [0.2, 0.25) is 0 Å². The van der Waals surface area contributed by atoms with E-state index in [0.717, 1.165) is 30.9 Å². The zero-order valence-electron chi connectivity index (χ0n) is 12.2. The third-order valence-corrected chi connectivity index (χ3v) is 4.57. The van der Waals surface area contributed by atoms with E-state index < -0.39 is 0 Å². The molecule has 1 aliphatic heterocycles. The highest BCUT2D eigenvalue weighted by molar-refractivity contribution is 7.16. The number of amides is 1. The zero-order chi connectivity index (χ0) is 13.9. The number of thiazole rings is 1. The molecule has 1 N–H and O–H groups in total. The smallest absolute Gasteiger partial charge is 0.265 e. The third-order valence-electron chi connectivity index (χ3n) is 3.57. The van der Waals surface area contributed by atoms with Crippen molar-refractivity contribution in [3.63, 3.8) is 0 Å². The number of likely N-dealkylation sites (N-methyl/N-ethyl adjacent to an activating group) is 1. The summed E-state index contributed by atoms with van der Waals surface area (Å²) in [4.78, 5) is 19.3. The largest absolute Gasteiger partial charge is 0.462 e. The summed E-state index contributed by atoms with van der Waals surface area (Å²) in [5, 5.41) is 4.00. The van der Waals surface area contributed by atoms with Crippen molar-refractivity contribution in [2.75, 3.05) is 20.1 Å². The first-order valence-corrected chi connectivity index (χ1v) is 7.56. The molecule has 1 fully saturated rings. The van der Waals surface area contributed by atoms with Crippen LogP contribution in [0, 0.1) is 0 Å². The number of nitrogens with one attached hydrogen (secondary N) is 1. The highest BCUT2D eigenvalue weighted by Gasteiger charge is 2.25. The number of hydrogen-bond donors (Lipinski definition) is 1. The fraction of sp³-hybridized carbons (Fsp3) is 0.429. The second-order valence-electron chi connectivity index (χ2n) is 4.89. The number of halogens is 2. The van der Waals surface area contributed by atoms with Crippen LogP contribution in [0.5, 0.6) is 0 Å².